The largest absolute Gasteiger partial charge is 0.478 e. The van der Waals surface area contributed by atoms with Gasteiger partial charge in [-0.1, -0.05) is 28.1 Å². The average molecular weight is 313 g/mol. The van der Waals surface area contributed by atoms with E-state index in [4.69, 9.17) is 5.11 Å². The molecular weight excluding hydrogens is 304 g/mol. The van der Waals surface area contributed by atoms with Crippen molar-refractivity contribution in [1.29, 1.82) is 0 Å². The van der Waals surface area contributed by atoms with Gasteiger partial charge in [0.25, 0.3) is 0 Å². The Morgan fingerprint density at radius 2 is 1.88 bits per heavy atom. The first-order chi connectivity index (χ1) is 8.09. The number of rotatable bonds is 3. The molecule has 1 atom stereocenters. The Morgan fingerprint density at radius 3 is 2.47 bits per heavy atom. The van der Waals surface area contributed by atoms with E-state index in [1.54, 1.807) is 17.5 Å². The molecule has 0 fully saturated rings. The molecule has 0 saturated carbocycles. The molecule has 3 nitrogen and oxygen atoms in total. The van der Waals surface area contributed by atoms with Gasteiger partial charge in [0.1, 0.15) is 6.10 Å². The molecule has 0 spiro atoms. The molecular formula is C12H9BrO3S. The van der Waals surface area contributed by atoms with E-state index >= 15 is 0 Å². The molecule has 2 rings (SSSR count). The van der Waals surface area contributed by atoms with E-state index in [-0.39, 0.29) is 5.56 Å². The van der Waals surface area contributed by atoms with Gasteiger partial charge in [0.2, 0.25) is 0 Å². The van der Waals surface area contributed by atoms with Crippen LogP contribution in [0.5, 0.6) is 0 Å². The Labute approximate surface area is 110 Å². The number of carbonyl (C=O) groups is 1. The van der Waals surface area contributed by atoms with Gasteiger partial charge in [-0.2, -0.15) is 0 Å². The number of carboxylic acid groups (broad SMARTS) is 1. The molecule has 88 valence electrons. The third kappa shape index (κ3) is 2.57. The number of aliphatic hydroxyl groups is 1. The molecule has 1 aromatic heterocycles. The standard InChI is InChI=1S/C12H9BrO3S/c13-8-3-1-7(2-4-8)10(14)11-9(12(15)16)5-6-17-11/h1-6,10,14H,(H,15,16). The molecule has 1 aromatic carbocycles. The number of aromatic carboxylic acids is 1. The van der Waals surface area contributed by atoms with Gasteiger partial charge in [-0.25, -0.2) is 4.79 Å². The molecule has 0 bridgehead atoms. The zero-order valence-corrected chi connectivity index (χ0v) is 11.0. The van der Waals surface area contributed by atoms with Crippen molar-refractivity contribution in [1.82, 2.24) is 0 Å². The number of aliphatic hydroxyl groups excluding tert-OH is 1. The van der Waals surface area contributed by atoms with Crippen molar-refractivity contribution < 1.29 is 15.0 Å². The second-order valence-corrected chi connectivity index (χ2v) is 5.32. The predicted molar refractivity (Wildman–Crippen MR) is 69.5 cm³/mol. The molecule has 2 N–H and O–H groups in total. The van der Waals surface area contributed by atoms with Crippen LogP contribution < -0.4 is 0 Å². The molecule has 17 heavy (non-hydrogen) atoms. The maximum Gasteiger partial charge on any atom is 0.336 e. The summed E-state index contributed by atoms with van der Waals surface area (Å²) in [7, 11) is 0. The Morgan fingerprint density at radius 1 is 1.24 bits per heavy atom. The van der Waals surface area contributed by atoms with Gasteiger partial charge in [-0.05, 0) is 29.1 Å². The Balaban J connectivity index is 2.36. The highest BCUT2D eigenvalue weighted by Gasteiger charge is 2.19. The van der Waals surface area contributed by atoms with E-state index in [1.807, 2.05) is 12.1 Å². The highest BCUT2D eigenvalue weighted by molar-refractivity contribution is 9.10. The number of hydrogen-bond acceptors (Lipinski definition) is 3. The Bertz CT molecular complexity index is 533. The third-order valence-electron chi connectivity index (χ3n) is 2.36. The fraction of sp³-hybridized carbons (Fsp3) is 0.0833. The summed E-state index contributed by atoms with van der Waals surface area (Å²) in [4.78, 5) is 11.4. The topological polar surface area (TPSA) is 57.5 Å². The first-order valence-electron chi connectivity index (χ1n) is 4.84. The third-order valence-corrected chi connectivity index (χ3v) is 3.86. The van der Waals surface area contributed by atoms with E-state index in [0.717, 1.165) is 4.47 Å². The van der Waals surface area contributed by atoms with Crippen molar-refractivity contribution in [2.75, 3.05) is 0 Å². The molecule has 1 heterocycles. The molecule has 0 aliphatic rings. The van der Waals surface area contributed by atoms with Gasteiger partial charge >= 0.3 is 5.97 Å². The maximum absolute atomic E-state index is 11.0. The van der Waals surface area contributed by atoms with Gasteiger partial charge in [0, 0.05) is 4.47 Å². The van der Waals surface area contributed by atoms with Crippen LogP contribution in [0.4, 0.5) is 0 Å². The van der Waals surface area contributed by atoms with Crippen LogP contribution >= 0.6 is 27.3 Å². The summed E-state index contributed by atoms with van der Waals surface area (Å²) in [6.45, 7) is 0. The molecule has 2 aromatic rings. The second kappa shape index (κ2) is 5.00. The lowest BCUT2D eigenvalue weighted by molar-refractivity contribution is 0.0692. The van der Waals surface area contributed by atoms with Crippen molar-refractivity contribution in [3.05, 3.63) is 56.2 Å². The minimum Gasteiger partial charge on any atom is -0.478 e. The normalized spacial score (nSPS) is 12.4. The van der Waals surface area contributed by atoms with Crippen LogP contribution in [0.3, 0.4) is 0 Å². The fourth-order valence-corrected chi connectivity index (χ4v) is 2.67. The van der Waals surface area contributed by atoms with Crippen molar-refractivity contribution in [2.24, 2.45) is 0 Å². The zero-order chi connectivity index (χ0) is 12.4. The second-order valence-electron chi connectivity index (χ2n) is 3.46. The fourth-order valence-electron chi connectivity index (χ4n) is 1.51. The minimum atomic E-state index is -1.02. The summed E-state index contributed by atoms with van der Waals surface area (Å²) < 4.78 is 0.915. The lowest BCUT2D eigenvalue weighted by Gasteiger charge is -2.10. The first-order valence-corrected chi connectivity index (χ1v) is 6.51. The van der Waals surface area contributed by atoms with Gasteiger partial charge < -0.3 is 10.2 Å². The predicted octanol–water partition coefficient (Wildman–Crippen LogP) is 3.29. The summed E-state index contributed by atoms with van der Waals surface area (Å²) in [5.41, 5.74) is 0.837. The highest BCUT2D eigenvalue weighted by Crippen LogP contribution is 2.30. The Hall–Kier alpha value is -1.17. The molecule has 5 heteroatoms. The van der Waals surface area contributed by atoms with Gasteiger partial charge in [-0.15, -0.1) is 11.3 Å². The summed E-state index contributed by atoms with van der Waals surface area (Å²) in [6.07, 6.45) is -0.894. The van der Waals surface area contributed by atoms with Crippen LogP contribution in [0.15, 0.2) is 40.2 Å². The monoisotopic (exact) mass is 312 g/mol. The molecule has 0 saturated heterocycles. The SMILES string of the molecule is O=C(O)c1ccsc1C(O)c1ccc(Br)cc1. The van der Waals surface area contributed by atoms with Gasteiger partial charge in [-0.3, -0.25) is 0 Å². The van der Waals surface area contributed by atoms with E-state index in [2.05, 4.69) is 15.9 Å². The van der Waals surface area contributed by atoms with Gasteiger partial charge in [0.05, 0.1) is 10.4 Å². The lowest BCUT2D eigenvalue weighted by Crippen LogP contribution is -2.04. The van der Waals surface area contributed by atoms with E-state index in [9.17, 15) is 9.90 Å². The van der Waals surface area contributed by atoms with Crippen molar-refractivity contribution in [3.63, 3.8) is 0 Å². The van der Waals surface area contributed by atoms with Crippen LogP contribution in [0.1, 0.15) is 26.9 Å². The summed E-state index contributed by atoms with van der Waals surface area (Å²) in [6, 6.07) is 8.66. The zero-order valence-electron chi connectivity index (χ0n) is 8.63. The van der Waals surface area contributed by atoms with Crippen molar-refractivity contribution >= 4 is 33.2 Å². The van der Waals surface area contributed by atoms with Crippen LogP contribution in [0, 0.1) is 0 Å². The molecule has 0 amide bonds. The highest BCUT2D eigenvalue weighted by atomic mass is 79.9. The average Bonchev–Trinajstić information content (AvgIpc) is 2.78. The molecule has 0 aliphatic carbocycles. The number of carboxylic acids is 1. The van der Waals surface area contributed by atoms with Crippen molar-refractivity contribution in [2.45, 2.75) is 6.10 Å². The van der Waals surface area contributed by atoms with Gasteiger partial charge in [0.15, 0.2) is 0 Å². The summed E-state index contributed by atoms with van der Waals surface area (Å²) in [5, 5.41) is 20.8. The molecule has 0 aliphatic heterocycles. The molecule has 1 unspecified atom stereocenters. The smallest absolute Gasteiger partial charge is 0.336 e. The number of thiophene rings is 1. The van der Waals surface area contributed by atoms with E-state index in [1.165, 1.54) is 17.4 Å². The first kappa shape index (κ1) is 12.3. The van der Waals surface area contributed by atoms with Crippen LogP contribution in [0.2, 0.25) is 0 Å². The number of hydrogen-bond donors (Lipinski definition) is 2. The van der Waals surface area contributed by atoms with Crippen LogP contribution in [-0.2, 0) is 0 Å². The summed E-state index contributed by atoms with van der Waals surface area (Å²) in [5.74, 6) is -1.02. The van der Waals surface area contributed by atoms with E-state index in [0.29, 0.717) is 10.4 Å². The minimum absolute atomic E-state index is 0.158. The quantitative estimate of drug-likeness (QED) is 0.914. The Kier molecular flexibility index (Phi) is 3.61. The van der Waals surface area contributed by atoms with Crippen LogP contribution in [0.25, 0.3) is 0 Å². The number of benzene rings is 1. The van der Waals surface area contributed by atoms with Crippen molar-refractivity contribution in [3.8, 4) is 0 Å². The lowest BCUT2D eigenvalue weighted by atomic mass is 10.1. The van der Waals surface area contributed by atoms with E-state index < -0.39 is 12.1 Å². The number of halogens is 1. The summed E-state index contributed by atoms with van der Waals surface area (Å²) >= 11 is 4.55. The molecule has 0 radical (unpaired) electrons. The maximum atomic E-state index is 11.0. The van der Waals surface area contributed by atoms with Crippen LogP contribution in [-0.4, -0.2) is 16.2 Å².